The average molecular weight is 361 g/mol. The Bertz CT molecular complexity index is 565. The van der Waals surface area contributed by atoms with Gasteiger partial charge in [-0.1, -0.05) is 44.2 Å². The Balaban J connectivity index is 1.91. The minimum atomic E-state index is -0.446. The number of esters is 1. The summed E-state index contributed by atoms with van der Waals surface area (Å²) in [5.74, 6) is 0.0781. The molecule has 0 saturated carbocycles. The Hall–Kier alpha value is -1.39. The molecule has 0 bridgehead atoms. The van der Waals surface area contributed by atoms with Crippen molar-refractivity contribution < 1.29 is 9.53 Å². The minimum absolute atomic E-state index is 0.133. The molecule has 26 heavy (non-hydrogen) atoms. The van der Waals surface area contributed by atoms with E-state index in [1.54, 1.807) is 0 Å². The van der Waals surface area contributed by atoms with E-state index in [1.165, 1.54) is 5.56 Å². The molecule has 0 spiro atoms. The molecule has 0 aliphatic carbocycles. The first-order valence-corrected chi connectivity index (χ1v) is 9.92. The van der Waals surface area contributed by atoms with Crippen LogP contribution >= 0.6 is 0 Å². The largest absolute Gasteiger partial charge is 0.459 e. The quantitative estimate of drug-likeness (QED) is 0.779. The Kier molecular flexibility index (Phi) is 7.24. The molecule has 1 aromatic rings. The summed E-state index contributed by atoms with van der Waals surface area (Å²) in [4.78, 5) is 15.1. The van der Waals surface area contributed by atoms with Crippen LogP contribution in [-0.2, 0) is 16.1 Å². The molecule has 1 saturated heterocycles. The van der Waals surface area contributed by atoms with E-state index in [-0.39, 0.29) is 17.9 Å². The molecule has 0 radical (unpaired) electrons. The number of nitrogens with one attached hydrogen (secondary N) is 1. The summed E-state index contributed by atoms with van der Waals surface area (Å²) in [5.41, 5.74) is 0.915. The molecule has 1 fully saturated rings. The molecule has 4 nitrogen and oxygen atoms in total. The standard InChI is InChI=1S/C22H36N2O2/c1-16(2)20(21(25)26-22(4,5)6)23-19-12-13-24(17(3)14-19)15-18-10-8-7-9-11-18/h7-11,16-17,19-20,23H,12-15H2,1-6H3/t17?,19?,20-/m0/s1. The molecule has 1 heterocycles. The fourth-order valence-electron chi connectivity index (χ4n) is 3.58. The zero-order chi connectivity index (χ0) is 19.3. The Morgan fingerprint density at radius 1 is 1.27 bits per heavy atom. The molecule has 1 N–H and O–H groups in total. The normalized spacial score (nSPS) is 23.0. The van der Waals surface area contributed by atoms with Crippen LogP contribution in [0.2, 0.25) is 0 Å². The highest BCUT2D eigenvalue weighted by atomic mass is 16.6. The number of hydrogen-bond donors (Lipinski definition) is 1. The summed E-state index contributed by atoms with van der Waals surface area (Å²) in [7, 11) is 0. The molecule has 2 rings (SSSR count). The summed E-state index contributed by atoms with van der Waals surface area (Å²) >= 11 is 0. The lowest BCUT2D eigenvalue weighted by Gasteiger charge is -2.40. The van der Waals surface area contributed by atoms with E-state index in [2.05, 4.69) is 61.3 Å². The van der Waals surface area contributed by atoms with Gasteiger partial charge in [-0.3, -0.25) is 9.69 Å². The number of rotatable bonds is 6. The molecule has 3 atom stereocenters. The SMILES string of the molecule is CC(C)[C@H](NC1CCN(Cc2ccccc2)C(C)C1)C(=O)OC(C)(C)C. The van der Waals surface area contributed by atoms with Gasteiger partial charge in [0, 0.05) is 25.2 Å². The van der Waals surface area contributed by atoms with Crippen LogP contribution in [0.1, 0.15) is 59.9 Å². The highest BCUT2D eigenvalue weighted by molar-refractivity contribution is 5.76. The fourth-order valence-corrected chi connectivity index (χ4v) is 3.58. The maximum atomic E-state index is 12.6. The summed E-state index contributed by atoms with van der Waals surface area (Å²) < 4.78 is 5.62. The van der Waals surface area contributed by atoms with E-state index < -0.39 is 5.60 Å². The van der Waals surface area contributed by atoms with Crippen LogP contribution in [0.3, 0.4) is 0 Å². The van der Waals surface area contributed by atoms with Crippen molar-refractivity contribution in [1.82, 2.24) is 10.2 Å². The highest BCUT2D eigenvalue weighted by Crippen LogP contribution is 2.22. The Labute approximate surface area is 159 Å². The number of benzene rings is 1. The van der Waals surface area contributed by atoms with E-state index in [1.807, 2.05) is 20.8 Å². The van der Waals surface area contributed by atoms with Crippen molar-refractivity contribution in [3.8, 4) is 0 Å². The van der Waals surface area contributed by atoms with E-state index in [4.69, 9.17) is 4.74 Å². The van der Waals surface area contributed by atoms with Crippen LogP contribution in [-0.4, -0.2) is 41.1 Å². The van der Waals surface area contributed by atoms with Gasteiger partial charge in [0.25, 0.3) is 0 Å². The zero-order valence-electron chi connectivity index (χ0n) is 17.3. The van der Waals surface area contributed by atoms with Gasteiger partial charge >= 0.3 is 5.97 Å². The third kappa shape index (κ3) is 6.40. The van der Waals surface area contributed by atoms with Gasteiger partial charge in [0.15, 0.2) is 0 Å². The van der Waals surface area contributed by atoms with Gasteiger partial charge in [-0.05, 0) is 52.0 Å². The number of carbonyl (C=O) groups excluding carboxylic acids is 1. The highest BCUT2D eigenvalue weighted by Gasteiger charge is 2.32. The first-order valence-electron chi connectivity index (χ1n) is 9.92. The Morgan fingerprint density at radius 3 is 2.46 bits per heavy atom. The number of nitrogens with zero attached hydrogens (tertiary/aromatic N) is 1. The third-order valence-corrected chi connectivity index (χ3v) is 4.98. The fraction of sp³-hybridized carbons (Fsp3) is 0.682. The van der Waals surface area contributed by atoms with E-state index >= 15 is 0 Å². The molecule has 1 aromatic carbocycles. The van der Waals surface area contributed by atoms with Gasteiger partial charge in [-0.25, -0.2) is 0 Å². The maximum absolute atomic E-state index is 12.6. The smallest absolute Gasteiger partial charge is 0.323 e. The van der Waals surface area contributed by atoms with Gasteiger partial charge in [-0.2, -0.15) is 0 Å². The van der Waals surface area contributed by atoms with Crippen LogP contribution in [0.5, 0.6) is 0 Å². The van der Waals surface area contributed by atoms with Crippen molar-refractivity contribution in [1.29, 1.82) is 0 Å². The van der Waals surface area contributed by atoms with Crippen LogP contribution < -0.4 is 5.32 Å². The average Bonchev–Trinajstić information content (AvgIpc) is 2.54. The first kappa shape index (κ1) is 20.9. The molecule has 2 unspecified atom stereocenters. The molecule has 0 aromatic heterocycles. The van der Waals surface area contributed by atoms with Gasteiger partial charge < -0.3 is 10.1 Å². The number of carbonyl (C=O) groups is 1. The summed E-state index contributed by atoms with van der Waals surface area (Å²) in [5, 5.41) is 3.59. The van der Waals surface area contributed by atoms with Crippen LogP contribution in [0, 0.1) is 5.92 Å². The lowest BCUT2D eigenvalue weighted by Crippen LogP contribution is -2.53. The second kappa shape index (κ2) is 9.01. The van der Waals surface area contributed by atoms with Gasteiger partial charge in [-0.15, -0.1) is 0 Å². The zero-order valence-corrected chi connectivity index (χ0v) is 17.3. The second-order valence-electron chi connectivity index (χ2n) is 8.95. The number of hydrogen-bond acceptors (Lipinski definition) is 4. The molecule has 146 valence electrons. The van der Waals surface area contributed by atoms with Crippen LogP contribution in [0.25, 0.3) is 0 Å². The molecule has 1 aliphatic rings. The van der Waals surface area contributed by atoms with Crippen molar-refractivity contribution in [3.63, 3.8) is 0 Å². The lowest BCUT2D eigenvalue weighted by atomic mass is 9.94. The van der Waals surface area contributed by atoms with Gasteiger partial charge in [0.2, 0.25) is 0 Å². The minimum Gasteiger partial charge on any atom is -0.459 e. The third-order valence-electron chi connectivity index (χ3n) is 4.98. The van der Waals surface area contributed by atoms with Crippen molar-refractivity contribution >= 4 is 5.97 Å². The Morgan fingerprint density at radius 2 is 1.92 bits per heavy atom. The maximum Gasteiger partial charge on any atom is 0.323 e. The monoisotopic (exact) mass is 360 g/mol. The molecule has 4 heteroatoms. The number of likely N-dealkylation sites (tertiary alicyclic amines) is 1. The van der Waals surface area contributed by atoms with Gasteiger partial charge in [0.05, 0.1) is 0 Å². The molecule has 1 aliphatic heterocycles. The molecular weight excluding hydrogens is 324 g/mol. The first-order chi connectivity index (χ1) is 12.2. The summed E-state index contributed by atoms with van der Waals surface area (Å²) in [6.45, 7) is 14.3. The number of piperidine rings is 1. The lowest BCUT2D eigenvalue weighted by molar-refractivity contribution is -0.159. The predicted octanol–water partition coefficient (Wildman–Crippen LogP) is 4.00. The van der Waals surface area contributed by atoms with E-state index in [0.29, 0.717) is 12.1 Å². The van der Waals surface area contributed by atoms with E-state index in [9.17, 15) is 4.79 Å². The summed E-state index contributed by atoms with van der Waals surface area (Å²) in [6.07, 6.45) is 2.11. The predicted molar refractivity (Wildman–Crippen MR) is 107 cm³/mol. The molecule has 0 amide bonds. The second-order valence-corrected chi connectivity index (χ2v) is 8.95. The van der Waals surface area contributed by atoms with Crippen molar-refractivity contribution in [2.45, 2.75) is 84.7 Å². The van der Waals surface area contributed by atoms with Crippen LogP contribution in [0.4, 0.5) is 0 Å². The van der Waals surface area contributed by atoms with Crippen molar-refractivity contribution in [2.75, 3.05) is 6.54 Å². The number of ether oxygens (including phenoxy) is 1. The van der Waals surface area contributed by atoms with Crippen LogP contribution in [0.15, 0.2) is 30.3 Å². The van der Waals surface area contributed by atoms with Gasteiger partial charge in [0.1, 0.15) is 11.6 Å². The van der Waals surface area contributed by atoms with Crippen molar-refractivity contribution in [2.24, 2.45) is 5.92 Å². The topological polar surface area (TPSA) is 41.6 Å². The molecular formula is C22H36N2O2. The van der Waals surface area contributed by atoms with Crippen molar-refractivity contribution in [3.05, 3.63) is 35.9 Å². The van der Waals surface area contributed by atoms with E-state index in [0.717, 1.165) is 25.9 Å². The summed E-state index contributed by atoms with van der Waals surface area (Å²) in [6, 6.07) is 11.2.